The van der Waals surface area contributed by atoms with Gasteiger partial charge in [-0.3, -0.25) is 4.68 Å². The molecule has 5 rings (SSSR count). The summed E-state index contributed by atoms with van der Waals surface area (Å²) in [4.78, 5) is 11.1. The normalized spacial score (nSPS) is 22.8. The number of thiophene rings is 1. The Balaban J connectivity index is 0.00000180. The zero-order valence-electron chi connectivity index (χ0n) is 14.5. The molecule has 0 radical (unpaired) electrons. The maximum absolute atomic E-state index is 10.8. The molecular weight excluding hydrogens is 348 g/mol. The summed E-state index contributed by atoms with van der Waals surface area (Å²) in [5.74, 6) is 0. The Morgan fingerprint density at radius 3 is 2.96 bits per heavy atom. The summed E-state index contributed by atoms with van der Waals surface area (Å²) in [5.41, 5.74) is 1.79. The second-order valence-corrected chi connectivity index (χ2v) is 7.97. The number of hydrogen-bond donors (Lipinski definition) is 1. The summed E-state index contributed by atoms with van der Waals surface area (Å²) in [6.45, 7) is 0. The van der Waals surface area contributed by atoms with Crippen LogP contribution in [0.5, 0.6) is 0 Å². The topological polar surface area (TPSA) is 73.1 Å². The predicted molar refractivity (Wildman–Crippen MR) is 103 cm³/mol. The largest absolute Gasteiger partial charge is 0.384 e. The number of nitrogens with zero attached hydrogens (tertiary/aromatic N) is 4. The van der Waals surface area contributed by atoms with Crippen molar-refractivity contribution in [3.8, 4) is 11.3 Å². The quantitative estimate of drug-likeness (QED) is 0.599. The number of fused-ring (bicyclic) bond motifs is 2. The van der Waals surface area contributed by atoms with Crippen LogP contribution in [0.1, 0.15) is 19.1 Å². The molecule has 0 aromatic carbocycles. The molecule has 26 heavy (non-hydrogen) atoms. The minimum Gasteiger partial charge on any atom is -0.384 e. The lowest BCUT2D eigenvalue weighted by Crippen LogP contribution is -2.44. The van der Waals surface area contributed by atoms with Crippen LogP contribution in [-0.4, -0.2) is 38.1 Å². The molecule has 0 atom stereocenters. The van der Waals surface area contributed by atoms with Crippen molar-refractivity contribution in [2.24, 2.45) is 7.05 Å². The maximum Gasteiger partial charge on any atom is 0.181 e. The van der Waals surface area contributed by atoms with E-state index in [4.69, 9.17) is 9.72 Å². The van der Waals surface area contributed by atoms with Crippen molar-refractivity contribution in [3.05, 3.63) is 41.5 Å². The number of pyridine rings is 2. The van der Waals surface area contributed by atoms with Gasteiger partial charge in [0.2, 0.25) is 0 Å². The van der Waals surface area contributed by atoms with Crippen molar-refractivity contribution in [3.63, 3.8) is 0 Å². The summed E-state index contributed by atoms with van der Waals surface area (Å²) >= 11 is 1.56. The summed E-state index contributed by atoms with van der Waals surface area (Å²) in [5, 5.41) is 17.1. The van der Waals surface area contributed by atoms with E-state index >= 15 is 0 Å². The van der Waals surface area contributed by atoms with Crippen LogP contribution in [0.15, 0.2) is 36.7 Å². The Hall–Kier alpha value is -2.35. The molecule has 1 N–H and O–H groups in total. The zero-order valence-corrected chi connectivity index (χ0v) is 15.3. The van der Waals surface area contributed by atoms with Gasteiger partial charge in [-0.1, -0.05) is 0 Å². The van der Waals surface area contributed by atoms with Gasteiger partial charge in [0, 0.05) is 62.0 Å². The molecule has 7 heteroatoms. The van der Waals surface area contributed by atoms with Crippen molar-refractivity contribution in [2.45, 2.75) is 24.5 Å². The monoisotopic (exact) mass is 368 g/mol. The third-order valence-electron chi connectivity index (χ3n) is 5.07. The van der Waals surface area contributed by atoms with E-state index in [1.165, 1.54) is 0 Å². The van der Waals surface area contributed by atoms with Gasteiger partial charge in [0.05, 0.1) is 11.8 Å². The number of ether oxygens (including phenoxy) is 1. The molecule has 0 saturated heterocycles. The number of aliphatic hydroxyl groups is 1. The molecule has 0 amide bonds. The van der Waals surface area contributed by atoms with E-state index in [2.05, 4.69) is 22.2 Å². The summed E-state index contributed by atoms with van der Waals surface area (Å²) < 4.78 is 7.07. The van der Waals surface area contributed by atoms with Crippen molar-refractivity contribution >= 4 is 32.6 Å². The van der Waals surface area contributed by atoms with E-state index in [-0.39, 0.29) is 7.53 Å². The molecule has 1 aliphatic carbocycles. The van der Waals surface area contributed by atoms with Gasteiger partial charge in [-0.25, -0.2) is 9.97 Å². The highest BCUT2D eigenvalue weighted by Crippen LogP contribution is 2.46. The van der Waals surface area contributed by atoms with E-state index < -0.39 is 5.60 Å². The lowest BCUT2D eigenvalue weighted by Gasteiger charge is -2.41. The SMILES string of the molecule is COC1CC(O)(c2cc3ccc(-c4cnc5nn(C)cc5c4)nc3s2)C1.[HH]. The lowest BCUT2D eigenvalue weighted by atomic mass is 9.76. The first-order valence-corrected chi connectivity index (χ1v) is 9.32. The minimum atomic E-state index is -0.775. The Kier molecular flexibility index (Phi) is 3.40. The van der Waals surface area contributed by atoms with Crippen LogP contribution in [0.2, 0.25) is 0 Å². The van der Waals surface area contributed by atoms with Gasteiger partial charge in [0.1, 0.15) is 10.4 Å². The fourth-order valence-corrected chi connectivity index (χ4v) is 4.68. The van der Waals surface area contributed by atoms with E-state index in [0.717, 1.165) is 37.4 Å². The molecule has 0 unspecified atom stereocenters. The van der Waals surface area contributed by atoms with Crippen molar-refractivity contribution in [2.75, 3.05) is 7.11 Å². The number of aryl methyl sites for hydroxylation is 1. The van der Waals surface area contributed by atoms with Crippen LogP contribution < -0.4 is 0 Å². The van der Waals surface area contributed by atoms with Gasteiger partial charge in [0.25, 0.3) is 0 Å². The van der Waals surface area contributed by atoms with Gasteiger partial charge < -0.3 is 9.84 Å². The summed E-state index contributed by atoms with van der Waals surface area (Å²) in [6.07, 6.45) is 5.19. The fourth-order valence-electron chi connectivity index (χ4n) is 3.54. The Morgan fingerprint density at radius 2 is 2.15 bits per heavy atom. The highest BCUT2D eigenvalue weighted by atomic mass is 32.1. The fraction of sp³-hybridized carbons (Fsp3) is 0.316. The molecule has 4 aromatic rings. The van der Waals surface area contributed by atoms with Crippen molar-refractivity contribution < 1.29 is 11.3 Å². The first kappa shape index (κ1) is 15.9. The van der Waals surface area contributed by atoms with Crippen LogP contribution in [-0.2, 0) is 17.4 Å². The van der Waals surface area contributed by atoms with Crippen LogP contribution in [0, 0.1) is 0 Å². The first-order chi connectivity index (χ1) is 12.5. The van der Waals surface area contributed by atoms with Gasteiger partial charge in [0.15, 0.2) is 5.65 Å². The molecule has 4 heterocycles. The zero-order chi connectivity index (χ0) is 17.9. The molecule has 0 aliphatic heterocycles. The molecular formula is C19H20N4O2S. The molecule has 0 spiro atoms. The highest BCUT2D eigenvalue weighted by Gasteiger charge is 2.45. The smallest absolute Gasteiger partial charge is 0.181 e. The summed E-state index contributed by atoms with van der Waals surface area (Å²) in [7, 11) is 3.58. The molecule has 1 aliphatic rings. The third-order valence-corrected chi connectivity index (χ3v) is 6.31. The van der Waals surface area contributed by atoms with Crippen molar-refractivity contribution in [1.82, 2.24) is 19.7 Å². The molecule has 1 fully saturated rings. The number of methoxy groups -OCH3 is 1. The summed E-state index contributed by atoms with van der Waals surface area (Å²) in [6, 6.07) is 8.16. The van der Waals surface area contributed by atoms with Crippen LogP contribution in [0.4, 0.5) is 0 Å². The molecule has 6 nitrogen and oxygen atoms in total. The number of rotatable bonds is 3. The van der Waals surface area contributed by atoms with E-state index in [1.807, 2.05) is 25.4 Å². The Bertz CT molecular complexity index is 1130. The predicted octanol–water partition coefficient (Wildman–Crippen LogP) is 3.49. The molecule has 134 valence electrons. The molecule has 0 bridgehead atoms. The third kappa shape index (κ3) is 2.43. The Labute approximate surface area is 155 Å². The van der Waals surface area contributed by atoms with Crippen LogP contribution >= 0.6 is 11.3 Å². The second-order valence-electron chi connectivity index (χ2n) is 6.94. The molecule has 1 saturated carbocycles. The van der Waals surface area contributed by atoms with Gasteiger partial charge in [-0.15, -0.1) is 11.3 Å². The van der Waals surface area contributed by atoms with Crippen LogP contribution in [0.25, 0.3) is 32.5 Å². The lowest BCUT2D eigenvalue weighted by molar-refractivity contribution is -0.130. The van der Waals surface area contributed by atoms with E-state index in [1.54, 1.807) is 29.3 Å². The van der Waals surface area contributed by atoms with Crippen molar-refractivity contribution in [1.29, 1.82) is 0 Å². The Morgan fingerprint density at radius 1 is 1.31 bits per heavy atom. The van der Waals surface area contributed by atoms with Gasteiger partial charge >= 0.3 is 0 Å². The second kappa shape index (κ2) is 5.57. The van der Waals surface area contributed by atoms with Crippen LogP contribution in [0.3, 0.4) is 0 Å². The maximum atomic E-state index is 10.8. The van der Waals surface area contributed by atoms with Gasteiger partial charge in [-0.05, 0) is 24.3 Å². The molecule has 4 aromatic heterocycles. The minimum absolute atomic E-state index is 0. The standard InChI is InChI=1S/C19H18N4O2S.H2/c1-23-10-13-5-12(9-20-17(13)22-23)15-4-3-11-6-16(26-18(11)21-15)19(24)7-14(8-19)25-2;/h3-6,9-10,14,24H,7-8H2,1-2H3;1H. The average molecular weight is 368 g/mol. The van der Waals surface area contributed by atoms with Gasteiger partial charge in [-0.2, -0.15) is 5.10 Å². The number of hydrogen-bond acceptors (Lipinski definition) is 6. The number of aromatic nitrogens is 4. The highest BCUT2D eigenvalue weighted by molar-refractivity contribution is 7.18. The first-order valence-electron chi connectivity index (χ1n) is 8.50. The van der Waals surface area contributed by atoms with E-state index in [9.17, 15) is 5.11 Å². The average Bonchev–Trinajstić information content (AvgIpc) is 3.19. The van der Waals surface area contributed by atoms with E-state index in [0.29, 0.717) is 12.8 Å².